The third kappa shape index (κ3) is 8.49. The van der Waals surface area contributed by atoms with Crippen molar-refractivity contribution in [2.45, 2.75) is 57.3 Å². The number of hydrogen-bond acceptors (Lipinski definition) is 7. The van der Waals surface area contributed by atoms with Gasteiger partial charge in [0.2, 0.25) is 10.0 Å². The zero-order chi connectivity index (χ0) is 32.9. The number of Topliss-reactive ketones (excluding diaryl/α,β-unsaturated/α-hetero) is 1. The quantitative estimate of drug-likeness (QED) is 0.257. The number of aliphatic hydroxyl groups is 1. The Balaban J connectivity index is 1.56. The van der Waals surface area contributed by atoms with Crippen LogP contribution in [0.25, 0.3) is 0 Å². The minimum Gasteiger partial charge on any atom is -0.434 e. The van der Waals surface area contributed by atoms with Crippen LogP contribution in [0.15, 0.2) is 77.7 Å². The lowest BCUT2D eigenvalue weighted by atomic mass is 10.0. The Labute approximate surface area is 269 Å². The van der Waals surface area contributed by atoms with Gasteiger partial charge in [-0.1, -0.05) is 73.5 Å². The minimum atomic E-state index is -3.97. The molecule has 1 saturated heterocycles. The van der Waals surface area contributed by atoms with E-state index in [4.69, 9.17) is 16.3 Å². The summed E-state index contributed by atoms with van der Waals surface area (Å²) >= 11 is 6.31. The van der Waals surface area contributed by atoms with E-state index in [1.54, 1.807) is 12.1 Å². The van der Waals surface area contributed by atoms with E-state index < -0.39 is 40.3 Å². The maximum Gasteiger partial charge on any atom is 0.415 e. The molecule has 0 aromatic heterocycles. The zero-order valence-electron chi connectivity index (χ0n) is 25.6. The van der Waals surface area contributed by atoms with Gasteiger partial charge in [0.1, 0.15) is 0 Å². The monoisotopic (exact) mass is 655 g/mol. The van der Waals surface area contributed by atoms with E-state index in [2.05, 4.69) is 5.32 Å². The number of aryl methyl sites for hydroxylation is 1. The lowest BCUT2D eigenvalue weighted by molar-refractivity contribution is -0.129. The summed E-state index contributed by atoms with van der Waals surface area (Å²) in [6, 6.07) is 19.2. The molecule has 1 aliphatic heterocycles. The maximum absolute atomic E-state index is 13.7. The van der Waals surface area contributed by atoms with Gasteiger partial charge in [-0.15, -0.1) is 0 Å². The smallest absolute Gasteiger partial charge is 0.415 e. The van der Waals surface area contributed by atoms with E-state index >= 15 is 0 Å². The number of ketones is 1. The summed E-state index contributed by atoms with van der Waals surface area (Å²) < 4.78 is 33.9. The van der Waals surface area contributed by atoms with E-state index in [1.165, 1.54) is 46.5 Å². The largest absolute Gasteiger partial charge is 0.434 e. The van der Waals surface area contributed by atoms with Crippen LogP contribution in [0.4, 0.5) is 10.5 Å². The number of carbonyl (C=O) groups excluding carboxylic acids is 3. The molecule has 45 heavy (non-hydrogen) atoms. The number of halogens is 1. The summed E-state index contributed by atoms with van der Waals surface area (Å²) in [6.45, 7) is 6.70. The molecule has 4 rings (SSSR count). The van der Waals surface area contributed by atoms with E-state index in [9.17, 15) is 27.9 Å². The first-order valence-corrected chi connectivity index (χ1v) is 16.5. The van der Waals surface area contributed by atoms with Gasteiger partial charge < -0.3 is 15.2 Å². The Morgan fingerprint density at radius 2 is 1.73 bits per heavy atom. The van der Waals surface area contributed by atoms with Crippen LogP contribution in [0, 0.1) is 12.8 Å². The molecule has 3 aromatic carbocycles. The number of carbonyl (C=O) groups is 3. The second kappa shape index (κ2) is 14.6. The highest BCUT2D eigenvalue weighted by Gasteiger charge is 2.40. The molecule has 2 amide bonds. The fraction of sp³-hybridized carbons (Fsp3) is 0.364. The molecule has 2 N–H and O–H groups in total. The Kier molecular flexibility index (Phi) is 11.0. The number of nitrogens with one attached hydrogen (secondary N) is 1. The fourth-order valence-electron chi connectivity index (χ4n) is 5.03. The first-order chi connectivity index (χ1) is 21.3. The summed E-state index contributed by atoms with van der Waals surface area (Å²) in [7, 11) is -3.97. The normalized spacial score (nSPS) is 16.5. The molecule has 3 aromatic rings. The molecule has 1 aliphatic rings. The molecule has 12 heteroatoms. The molecule has 10 nitrogen and oxygen atoms in total. The standard InChI is InChI=1S/C33H38ClN3O7S/c1-21(2)18-36(45(42,43)26-13-10-22(3)11-14-26)19-30(39)28(16-24-8-6-5-7-9-24)35-32(40)31-20-37(33(41)44-31)29-17-25(23(4)38)12-15-27(29)34/h5-15,17,21,28,30-31,39H,16,18-20H2,1-4H3,(H,35,40)/t28-,30+,31-/m0/s1. The van der Waals surface area contributed by atoms with Crippen molar-refractivity contribution in [3.63, 3.8) is 0 Å². The van der Waals surface area contributed by atoms with Gasteiger partial charge in [-0.25, -0.2) is 13.2 Å². The molecule has 0 radical (unpaired) electrons. The summed E-state index contributed by atoms with van der Waals surface area (Å²) in [5, 5.41) is 14.5. The Morgan fingerprint density at radius 1 is 1.07 bits per heavy atom. The molecule has 0 unspecified atom stereocenters. The molecular formula is C33H38ClN3O7S. The number of aliphatic hydroxyl groups excluding tert-OH is 1. The van der Waals surface area contributed by atoms with Crippen LogP contribution in [0.3, 0.4) is 0 Å². The number of anilines is 1. The second-order valence-corrected chi connectivity index (χ2v) is 14.0. The molecule has 0 spiro atoms. The van der Waals surface area contributed by atoms with Crippen molar-refractivity contribution >= 4 is 45.1 Å². The van der Waals surface area contributed by atoms with Crippen molar-refractivity contribution in [2.75, 3.05) is 24.5 Å². The Morgan fingerprint density at radius 3 is 2.36 bits per heavy atom. The van der Waals surface area contributed by atoms with E-state index in [0.29, 0.717) is 5.56 Å². The van der Waals surface area contributed by atoms with Gasteiger partial charge in [-0.3, -0.25) is 14.5 Å². The van der Waals surface area contributed by atoms with Gasteiger partial charge in [0, 0.05) is 18.7 Å². The van der Waals surface area contributed by atoms with Crippen molar-refractivity contribution in [3.8, 4) is 0 Å². The summed E-state index contributed by atoms with van der Waals surface area (Å²) in [4.78, 5) is 39.5. The van der Waals surface area contributed by atoms with Crippen LogP contribution < -0.4 is 10.2 Å². The van der Waals surface area contributed by atoms with Gasteiger partial charge in [-0.2, -0.15) is 4.31 Å². The number of cyclic esters (lactones) is 1. The predicted octanol–water partition coefficient (Wildman–Crippen LogP) is 4.61. The molecule has 3 atom stereocenters. The van der Waals surface area contributed by atoms with E-state index in [0.717, 1.165) is 11.1 Å². The number of hydrogen-bond donors (Lipinski definition) is 2. The molecule has 0 saturated carbocycles. The lowest BCUT2D eigenvalue weighted by Gasteiger charge is -2.31. The summed E-state index contributed by atoms with van der Waals surface area (Å²) in [5.41, 5.74) is 2.29. The summed E-state index contributed by atoms with van der Waals surface area (Å²) in [6.07, 6.45) is -3.19. The molecule has 0 bridgehead atoms. The van der Waals surface area contributed by atoms with Crippen LogP contribution in [0.1, 0.15) is 42.3 Å². The lowest BCUT2D eigenvalue weighted by Crippen LogP contribution is -2.53. The van der Waals surface area contributed by atoms with Gasteiger partial charge in [0.25, 0.3) is 5.91 Å². The first-order valence-electron chi connectivity index (χ1n) is 14.6. The van der Waals surface area contributed by atoms with Crippen molar-refractivity contribution in [1.82, 2.24) is 9.62 Å². The SMILES string of the molecule is CC(=O)c1ccc(Cl)c(N2C[C@@H](C(=O)N[C@@H](Cc3ccccc3)[C@H](O)CN(CC(C)C)S(=O)(=O)c3ccc(C)cc3)OC2=O)c1. The molecule has 0 aliphatic carbocycles. The first kappa shape index (κ1) is 34.1. The topological polar surface area (TPSA) is 133 Å². The number of sulfonamides is 1. The van der Waals surface area contributed by atoms with Gasteiger partial charge >= 0.3 is 6.09 Å². The van der Waals surface area contributed by atoms with Crippen molar-refractivity contribution in [2.24, 2.45) is 5.92 Å². The average molecular weight is 656 g/mol. The Hall–Kier alpha value is -3.77. The molecule has 240 valence electrons. The van der Waals surface area contributed by atoms with Crippen LogP contribution in [0.2, 0.25) is 5.02 Å². The molecule has 1 heterocycles. The van der Waals surface area contributed by atoms with Crippen LogP contribution >= 0.6 is 11.6 Å². The maximum atomic E-state index is 13.7. The summed E-state index contributed by atoms with van der Waals surface area (Å²) in [5.74, 6) is -0.929. The van der Waals surface area contributed by atoms with Crippen LogP contribution in [-0.2, 0) is 26.0 Å². The zero-order valence-corrected chi connectivity index (χ0v) is 27.2. The highest BCUT2D eigenvalue weighted by atomic mass is 35.5. The van der Waals surface area contributed by atoms with Gasteiger partial charge in [-0.05, 0) is 62.1 Å². The van der Waals surface area contributed by atoms with Crippen LogP contribution in [0.5, 0.6) is 0 Å². The van der Waals surface area contributed by atoms with E-state index in [1.807, 2.05) is 51.1 Å². The third-order valence-corrected chi connectivity index (χ3v) is 9.62. The molecular weight excluding hydrogens is 618 g/mol. The van der Waals surface area contributed by atoms with Crippen molar-refractivity contribution < 1.29 is 32.6 Å². The number of rotatable bonds is 13. The number of ether oxygens (including phenoxy) is 1. The van der Waals surface area contributed by atoms with Crippen LogP contribution in [-0.4, -0.2) is 73.5 Å². The number of amides is 2. The Bertz CT molecular complexity index is 1630. The van der Waals surface area contributed by atoms with Crippen molar-refractivity contribution in [3.05, 3.63) is 94.5 Å². The second-order valence-electron chi connectivity index (χ2n) is 11.6. The highest BCUT2D eigenvalue weighted by molar-refractivity contribution is 7.89. The molecule has 1 fully saturated rings. The number of nitrogens with zero attached hydrogens (tertiary/aromatic N) is 2. The third-order valence-electron chi connectivity index (χ3n) is 7.46. The fourth-order valence-corrected chi connectivity index (χ4v) is 6.88. The highest BCUT2D eigenvalue weighted by Crippen LogP contribution is 2.31. The predicted molar refractivity (Wildman–Crippen MR) is 172 cm³/mol. The van der Waals surface area contributed by atoms with E-state index in [-0.39, 0.29) is 53.4 Å². The van der Waals surface area contributed by atoms with Gasteiger partial charge in [0.05, 0.1) is 34.3 Å². The van der Waals surface area contributed by atoms with Gasteiger partial charge in [0.15, 0.2) is 11.9 Å². The average Bonchev–Trinajstić information content (AvgIpc) is 3.38. The van der Waals surface area contributed by atoms with Crippen molar-refractivity contribution in [1.29, 1.82) is 0 Å². The minimum absolute atomic E-state index is 0.0446. The number of benzene rings is 3.